The Hall–Kier alpha value is -1.46. The second-order valence-corrected chi connectivity index (χ2v) is 3.70. The molecular weight excluding hydrogens is 237 g/mol. The van der Waals surface area contributed by atoms with Crippen LogP contribution in [0.3, 0.4) is 0 Å². The molecule has 96 valence electrons. The van der Waals surface area contributed by atoms with Crippen molar-refractivity contribution in [2.24, 2.45) is 0 Å². The van der Waals surface area contributed by atoms with Gasteiger partial charge in [-0.25, -0.2) is 4.79 Å². The summed E-state index contributed by atoms with van der Waals surface area (Å²) in [5, 5.41) is 8.84. The molecule has 3 nitrogen and oxygen atoms in total. The second-order valence-electron chi connectivity index (χ2n) is 3.70. The lowest BCUT2D eigenvalue weighted by atomic mass is 10.0. The van der Waals surface area contributed by atoms with E-state index in [0.717, 1.165) is 12.5 Å². The highest BCUT2D eigenvalue weighted by Crippen LogP contribution is 2.33. The van der Waals surface area contributed by atoms with Gasteiger partial charge in [0, 0.05) is 0 Å². The molecule has 0 spiro atoms. The van der Waals surface area contributed by atoms with Crippen LogP contribution in [0.4, 0.5) is 13.2 Å². The number of halogens is 3. The number of aliphatic carboxylic acids is 1. The Balaban J connectivity index is 2.89. The molecule has 0 radical (unpaired) electrons. The molecule has 0 saturated carbocycles. The summed E-state index contributed by atoms with van der Waals surface area (Å²) in [5.74, 6) is -2.38. The van der Waals surface area contributed by atoms with Crippen LogP contribution in [-0.2, 0) is 9.53 Å². The van der Waals surface area contributed by atoms with Crippen LogP contribution >= 0.6 is 0 Å². The SMILES string of the molecule is CCCCC1OC(C(F)(F)F)=CC=C1C(=O)O. The van der Waals surface area contributed by atoms with Crippen molar-refractivity contribution in [1.29, 1.82) is 0 Å². The van der Waals surface area contributed by atoms with Gasteiger partial charge in [0.05, 0.1) is 5.57 Å². The first kappa shape index (κ1) is 13.6. The molecule has 0 aliphatic carbocycles. The van der Waals surface area contributed by atoms with E-state index in [0.29, 0.717) is 12.5 Å². The average molecular weight is 250 g/mol. The van der Waals surface area contributed by atoms with Crippen LogP contribution in [0.5, 0.6) is 0 Å². The van der Waals surface area contributed by atoms with E-state index in [2.05, 4.69) is 0 Å². The number of hydrogen-bond acceptors (Lipinski definition) is 2. The van der Waals surface area contributed by atoms with Crippen LogP contribution in [0.25, 0.3) is 0 Å². The van der Waals surface area contributed by atoms with Gasteiger partial charge in [-0.2, -0.15) is 13.2 Å². The highest BCUT2D eigenvalue weighted by molar-refractivity contribution is 5.88. The fourth-order valence-corrected chi connectivity index (χ4v) is 1.50. The maximum atomic E-state index is 12.4. The van der Waals surface area contributed by atoms with Crippen molar-refractivity contribution in [1.82, 2.24) is 0 Å². The fourth-order valence-electron chi connectivity index (χ4n) is 1.50. The highest BCUT2D eigenvalue weighted by atomic mass is 19.4. The van der Waals surface area contributed by atoms with Crippen LogP contribution < -0.4 is 0 Å². The quantitative estimate of drug-likeness (QED) is 0.834. The average Bonchev–Trinajstić information content (AvgIpc) is 2.24. The second kappa shape index (κ2) is 5.25. The summed E-state index contributed by atoms with van der Waals surface area (Å²) in [6.07, 6.45) is -2.33. The molecule has 0 bridgehead atoms. The topological polar surface area (TPSA) is 46.5 Å². The number of unbranched alkanes of at least 4 members (excludes halogenated alkanes) is 1. The molecule has 0 aromatic rings. The monoisotopic (exact) mass is 250 g/mol. The number of hydrogen-bond donors (Lipinski definition) is 1. The lowest BCUT2D eigenvalue weighted by Gasteiger charge is -2.25. The lowest BCUT2D eigenvalue weighted by molar-refractivity contribution is -0.145. The summed E-state index contributed by atoms with van der Waals surface area (Å²) in [4.78, 5) is 10.8. The summed E-state index contributed by atoms with van der Waals surface area (Å²) in [6, 6.07) is 0. The van der Waals surface area contributed by atoms with E-state index >= 15 is 0 Å². The van der Waals surface area contributed by atoms with Crippen molar-refractivity contribution < 1.29 is 27.8 Å². The summed E-state index contributed by atoms with van der Waals surface area (Å²) in [7, 11) is 0. The number of carboxylic acids is 1. The molecule has 1 aliphatic heterocycles. The zero-order valence-electron chi connectivity index (χ0n) is 9.25. The van der Waals surface area contributed by atoms with Crippen LogP contribution in [0.2, 0.25) is 0 Å². The molecule has 0 aromatic carbocycles. The van der Waals surface area contributed by atoms with E-state index in [9.17, 15) is 18.0 Å². The van der Waals surface area contributed by atoms with Gasteiger partial charge in [-0.05, 0) is 25.0 Å². The van der Waals surface area contributed by atoms with Gasteiger partial charge in [0.15, 0.2) is 0 Å². The van der Waals surface area contributed by atoms with Gasteiger partial charge in [-0.3, -0.25) is 0 Å². The van der Waals surface area contributed by atoms with Gasteiger partial charge in [0.1, 0.15) is 6.10 Å². The number of rotatable bonds is 4. The molecule has 17 heavy (non-hydrogen) atoms. The third-order valence-electron chi connectivity index (χ3n) is 2.38. The van der Waals surface area contributed by atoms with Crippen molar-refractivity contribution in [3.8, 4) is 0 Å². The largest absolute Gasteiger partial charge is 0.481 e. The molecule has 1 rings (SSSR count). The molecule has 0 saturated heterocycles. The minimum Gasteiger partial charge on any atom is -0.481 e. The zero-order valence-corrected chi connectivity index (χ0v) is 9.25. The summed E-state index contributed by atoms with van der Waals surface area (Å²) < 4.78 is 41.9. The maximum absolute atomic E-state index is 12.4. The summed E-state index contributed by atoms with van der Waals surface area (Å²) in [5.41, 5.74) is -0.133. The number of ether oxygens (including phenoxy) is 1. The minimum absolute atomic E-state index is 0.133. The first-order chi connectivity index (χ1) is 7.86. The Kier molecular flexibility index (Phi) is 4.20. The Morgan fingerprint density at radius 1 is 1.47 bits per heavy atom. The highest BCUT2D eigenvalue weighted by Gasteiger charge is 2.40. The molecule has 1 atom stereocenters. The maximum Gasteiger partial charge on any atom is 0.448 e. The fraction of sp³-hybridized carbons (Fsp3) is 0.545. The first-order valence-corrected chi connectivity index (χ1v) is 5.25. The Morgan fingerprint density at radius 2 is 2.12 bits per heavy atom. The number of alkyl halides is 3. The number of carboxylic acid groups (broad SMARTS) is 1. The van der Waals surface area contributed by atoms with Crippen molar-refractivity contribution in [3.05, 3.63) is 23.5 Å². The molecule has 0 amide bonds. The third-order valence-corrected chi connectivity index (χ3v) is 2.38. The van der Waals surface area contributed by atoms with Crippen LogP contribution in [-0.4, -0.2) is 23.4 Å². The van der Waals surface area contributed by atoms with Crippen LogP contribution in [0.15, 0.2) is 23.5 Å². The predicted octanol–water partition coefficient (Wildman–Crippen LogP) is 3.03. The van der Waals surface area contributed by atoms with Crippen molar-refractivity contribution in [2.75, 3.05) is 0 Å². The van der Waals surface area contributed by atoms with Crippen molar-refractivity contribution in [3.63, 3.8) is 0 Å². The number of allylic oxidation sites excluding steroid dienone is 3. The molecule has 1 unspecified atom stereocenters. The van der Waals surface area contributed by atoms with Crippen molar-refractivity contribution >= 4 is 5.97 Å². The minimum atomic E-state index is -4.58. The van der Waals surface area contributed by atoms with E-state index in [4.69, 9.17) is 9.84 Å². The number of carbonyl (C=O) groups is 1. The smallest absolute Gasteiger partial charge is 0.448 e. The van der Waals surface area contributed by atoms with E-state index in [1.807, 2.05) is 6.92 Å². The van der Waals surface area contributed by atoms with Crippen LogP contribution in [0, 0.1) is 0 Å². The zero-order chi connectivity index (χ0) is 13.1. The van der Waals surface area contributed by atoms with Gasteiger partial charge < -0.3 is 9.84 Å². The molecule has 0 fully saturated rings. The van der Waals surface area contributed by atoms with E-state index in [1.54, 1.807) is 0 Å². The molecule has 1 heterocycles. The Morgan fingerprint density at radius 3 is 2.59 bits per heavy atom. The lowest BCUT2D eigenvalue weighted by Crippen LogP contribution is -2.28. The Labute approximate surface area is 96.6 Å². The van der Waals surface area contributed by atoms with Crippen LogP contribution in [0.1, 0.15) is 26.2 Å². The molecular formula is C11H13F3O3. The molecule has 0 aromatic heterocycles. The van der Waals surface area contributed by atoms with Crippen molar-refractivity contribution in [2.45, 2.75) is 38.5 Å². The van der Waals surface area contributed by atoms with Gasteiger partial charge >= 0.3 is 12.1 Å². The van der Waals surface area contributed by atoms with Gasteiger partial charge in [-0.15, -0.1) is 0 Å². The Bertz CT molecular complexity index is 355. The normalized spacial score (nSPS) is 20.4. The first-order valence-electron chi connectivity index (χ1n) is 5.25. The van der Waals surface area contributed by atoms with Gasteiger partial charge in [-0.1, -0.05) is 13.3 Å². The summed E-state index contributed by atoms with van der Waals surface area (Å²) >= 11 is 0. The van der Waals surface area contributed by atoms with E-state index < -0.39 is 24.0 Å². The third kappa shape index (κ3) is 3.51. The van der Waals surface area contributed by atoms with Gasteiger partial charge in [0.2, 0.25) is 5.76 Å². The molecule has 1 N–H and O–H groups in total. The molecule has 1 aliphatic rings. The predicted molar refractivity (Wildman–Crippen MR) is 54.3 cm³/mol. The molecule has 6 heteroatoms. The van der Waals surface area contributed by atoms with Gasteiger partial charge in [0.25, 0.3) is 0 Å². The van der Waals surface area contributed by atoms with E-state index in [-0.39, 0.29) is 12.0 Å². The summed E-state index contributed by atoms with van der Waals surface area (Å²) in [6.45, 7) is 1.87. The van der Waals surface area contributed by atoms with E-state index in [1.165, 1.54) is 0 Å². The standard InChI is InChI=1S/C11H13F3O3/c1-2-3-4-8-7(10(15)16)5-6-9(17-8)11(12,13)14/h5-6,8H,2-4H2,1H3,(H,15,16).